The summed E-state index contributed by atoms with van der Waals surface area (Å²) in [4.78, 5) is 16.6. The molecule has 2 aromatic carbocycles. The first-order valence-electron chi connectivity index (χ1n) is 8.09. The number of hydrogen-bond acceptors (Lipinski definition) is 4. The van der Waals surface area contributed by atoms with Crippen LogP contribution in [0.4, 0.5) is 5.69 Å². The minimum Gasteiger partial charge on any atom is -0.493 e. The lowest BCUT2D eigenvalue weighted by Crippen LogP contribution is -2.11. The number of benzene rings is 2. The van der Waals surface area contributed by atoms with Crippen molar-refractivity contribution in [3.8, 4) is 5.75 Å². The van der Waals surface area contributed by atoms with Crippen LogP contribution in [0.3, 0.4) is 0 Å². The zero-order valence-electron chi connectivity index (χ0n) is 13.4. The number of aromatic nitrogens is 1. The molecule has 1 fully saturated rings. The van der Waals surface area contributed by atoms with Crippen LogP contribution < -0.4 is 10.1 Å². The quantitative estimate of drug-likeness (QED) is 0.765. The maximum absolute atomic E-state index is 12.3. The third-order valence-electron chi connectivity index (χ3n) is 4.05. The van der Waals surface area contributed by atoms with Gasteiger partial charge in [-0.2, -0.15) is 0 Å². The van der Waals surface area contributed by atoms with E-state index in [9.17, 15) is 4.79 Å². The first-order chi connectivity index (χ1) is 11.7. The SMILES string of the molecule is Cc1nc2ccc(NC(=O)c3ccc(OCC4CC4)cc3)cc2o1. The van der Waals surface area contributed by atoms with Crippen LogP contribution in [0.15, 0.2) is 46.9 Å². The molecule has 1 amide bonds. The largest absolute Gasteiger partial charge is 0.493 e. The van der Waals surface area contributed by atoms with Crippen LogP contribution in [0.2, 0.25) is 0 Å². The summed E-state index contributed by atoms with van der Waals surface area (Å²) in [5.74, 6) is 1.95. The highest BCUT2D eigenvalue weighted by Crippen LogP contribution is 2.29. The van der Waals surface area contributed by atoms with Crippen molar-refractivity contribution in [2.75, 3.05) is 11.9 Å². The minimum atomic E-state index is -0.167. The minimum absolute atomic E-state index is 0.167. The standard InChI is InChI=1S/C19H18N2O3/c1-12-20-17-9-6-15(10-18(17)24-12)21-19(22)14-4-7-16(8-5-14)23-11-13-2-3-13/h4-10,13H,2-3,11H2,1H3,(H,21,22). The average molecular weight is 322 g/mol. The van der Waals surface area contributed by atoms with Gasteiger partial charge in [0.05, 0.1) is 6.61 Å². The Balaban J connectivity index is 1.43. The normalized spacial score (nSPS) is 13.9. The molecule has 1 aliphatic rings. The van der Waals surface area contributed by atoms with Crippen molar-refractivity contribution in [3.05, 3.63) is 53.9 Å². The molecular weight excluding hydrogens is 304 g/mol. The Morgan fingerprint density at radius 3 is 2.79 bits per heavy atom. The number of amides is 1. The van der Waals surface area contributed by atoms with E-state index in [4.69, 9.17) is 9.15 Å². The third-order valence-corrected chi connectivity index (χ3v) is 4.05. The van der Waals surface area contributed by atoms with Gasteiger partial charge in [-0.15, -0.1) is 0 Å². The molecule has 0 aliphatic heterocycles. The lowest BCUT2D eigenvalue weighted by Gasteiger charge is -2.07. The Bertz CT molecular complexity index is 879. The number of carbonyl (C=O) groups excluding carboxylic acids is 1. The molecule has 3 aromatic rings. The highest BCUT2D eigenvalue weighted by Gasteiger charge is 2.21. The summed E-state index contributed by atoms with van der Waals surface area (Å²) in [5.41, 5.74) is 2.71. The van der Waals surface area contributed by atoms with Gasteiger partial charge in [0, 0.05) is 24.2 Å². The molecule has 24 heavy (non-hydrogen) atoms. The van der Waals surface area contributed by atoms with Crippen LogP contribution >= 0.6 is 0 Å². The fraction of sp³-hybridized carbons (Fsp3) is 0.263. The summed E-state index contributed by atoms with van der Waals surface area (Å²) in [5, 5.41) is 2.87. The lowest BCUT2D eigenvalue weighted by molar-refractivity contribution is 0.102. The van der Waals surface area contributed by atoms with Gasteiger partial charge in [0.25, 0.3) is 5.91 Å². The van der Waals surface area contributed by atoms with Crippen molar-refractivity contribution in [3.63, 3.8) is 0 Å². The second kappa shape index (κ2) is 6.00. The van der Waals surface area contributed by atoms with E-state index < -0.39 is 0 Å². The lowest BCUT2D eigenvalue weighted by atomic mass is 10.2. The van der Waals surface area contributed by atoms with Gasteiger partial charge in [0.1, 0.15) is 11.3 Å². The Hall–Kier alpha value is -2.82. The van der Waals surface area contributed by atoms with E-state index >= 15 is 0 Å². The van der Waals surface area contributed by atoms with Crippen molar-refractivity contribution in [2.24, 2.45) is 5.92 Å². The maximum atomic E-state index is 12.3. The molecule has 0 unspecified atom stereocenters. The molecule has 1 N–H and O–H groups in total. The number of aryl methyl sites for hydroxylation is 1. The topological polar surface area (TPSA) is 64.4 Å². The molecule has 1 heterocycles. The number of fused-ring (bicyclic) bond motifs is 1. The second-order valence-electron chi connectivity index (χ2n) is 6.15. The number of ether oxygens (including phenoxy) is 1. The van der Waals surface area contributed by atoms with E-state index in [1.165, 1.54) is 12.8 Å². The zero-order chi connectivity index (χ0) is 16.5. The first kappa shape index (κ1) is 14.8. The number of carbonyl (C=O) groups is 1. The Kier molecular flexibility index (Phi) is 3.69. The van der Waals surface area contributed by atoms with Crippen LogP contribution in [0, 0.1) is 12.8 Å². The monoisotopic (exact) mass is 322 g/mol. The number of nitrogens with one attached hydrogen (secondary N) is 1. The van der Waals surface area contributed by atoms with Gasteiger partial charge < -0.3 is 14.5 Å². The van der Waals surface area contributed by atoms with Gasteiger partial charge >= 0.3 is 0 Å². The third kappa shape index (κ3) is 3.25. The number of anilines is 1. The summed E-state index contributed by atoms with van der Waals surface area (Å²) in [6.07, 6.45) is 2.52. The highest BCUT2D eigenvalue weighted by atomic mass is 16.5. The number of hydrogen-bond donors (Lipinski definition) is 1. The predicted octanol–water partition coefficient (Wildman–Crippen LogP) is 4.18. The number of rotatable bonds is 5. The second-order valence-corrected chi connectivity index (χ2v) is 6.15. The van der Waals surface area contributed by atoms with E-state index in [0.717, 1.165) is 17.9 Å². The molecule has 0 saturated heterocycles. The molecule has 4 rings (SSSR count). The number of oxazole rings is 1. The molecule has 1 aromatic heterocycles. The molecule has 0 spiro atoms. The summed E-state index contributed by atoms with van der Waals surface area (Å²) in [6.45, 7) is 2.56. The van der Waals surface area contributed by atoms with E-state index in [-0.39, 0.29) is 5.91 Å². The van der Waals surface area contributed by atoms with Crippen molar-refractivity contribution >= 4 is 22.7 Å². The van der Waals surface area contributed by atoms with Crippen molar-refractivity contribution in [2.45, 2.75) is 19.8 Å². The fourth-order valence-corrected chi connectivity index (χ4v) is 2.52. The fourth-order valence-electron chi connectivity index (χ4n) is 2.52. The molecule has 5 heteroatoms. The molecule has 1 saturated carbocycles. The van der Waals surface area contributed by atoms with E-state index in [0.29, 0.717) is 28.6 Å². The van der Waals surface area contributed by atoms with Crippen LogP contribution in [0.5, 0.6) is 5.75 Å². The predicted molar refractivity (Wildman–Crippen MR) is 91.4 cm³/mol. The molecule has 122 valence electrons. The molecule has 1 aliphatic carbocycles. The van der Waals surface area contributed by atoms with E-state index in [1.807, 2.05) is 24.3 Å². The van der Waals surface area contributed by atoms with Gasteiger partial charge in [0.2, 0.25) is 0 Å². The van der Waals surface area contributed by atoms with Gasteiger partial charge in [-0.25, -0.2) is 4.98 Å². The molecule has 0 atom stereocenters. The van der Waals surface area contributed by atoms with E-state index in [2.05, 4.69) is 10.3 Å². The zero-order valence-corrected chi connectivity index (χ0v) is 13.4. The average Bonchev–Trinajstić information content (AvgIpc) is 3.33. The van der Waals surface area contributed by atoms with Crippen molar-refractivity contribution in [1.82, 2.24) is 4.98 Å². The van der Waals surface area contributed by atoms with Gasteiger partial charge in [-0.3, -0.25) is 4.79 Å². The van der Waals surface area contributed by atoms with Crippen LogP contribution in [0.25, 0.3) is 11.1 Å². The Morgan fingerprint density at radius 2 is 2.04 bits per heavy atom. The summed E-state index contributed by atoms with van der Waals surface area (Å²) < 4.78 is 11.2. The van der Waals surface area contributed by atoms with Crippen LogP contribution in [-0.4, -0.2) is 17.5 Å². The van der Waals surface area contributed by atoms with Crippen molar-refractivity contribution < 1.29 is 13.9 Å². The van der Waals surface area contributed by atoms with Gasteiger partial charge in [-0.1, -0.05) is 0 Å². The maximum Gasteiger partial charge on any atom is 0.255 e. The highest BCUT2D eigenvalue weighted by molar-refractivity contribution is 6.04. The van der Waals surface area contributed by atoms with Crippen LogP contribution in [0.1, 0.15) is 29.1 Å². The number of nitrogens with zero attached hydrogens (tertiary/aromatic N) is 1. The molecule has 0 radical (unpaired) electrons. The van der Waals surface area contributed by atoms with Gasteiger partial charge in [-0.05, 0) is 55.2 Å². The van der Waals surface area contributed by atoms with Crippen molar-refractivity contribution in [1.29, 1.82) is 0 Å². The molecular formula is C19H18N2O3. The van der Waals surface area contributed by atoms with E-state index in [1.54, 1.807) is 25.1 Å². The summed E-state index contributed by atoms with van der Waals surface area (Å²) >= 11 is 0. The Morgan fingerprint density at radius 1 is 1.25 bits per heavy atom. The Labute approximate surface area is 139 Å². The van der Waals surface area contributed by atoms with Gasteiger partial charge in [0.15, 0.2) is 11.5 Å². The summed E-state index contributed by atoms with van der Waals surface area (Å²) in [7, 11) is 0. The van der Waals surface area contributed by atoms with Crippen LogP contribution in [-0.2, 0) is 0 Å². The molecule has 5 nitrogen and oxygen atoms in total. The summed E-state index contributed by atoms with van der Waals surface area (Å²) in [6, 6.07) is 12.6. The molecule has 0 bridgehead atoms. The first-order valence-corrected chi connectivity index (χ1v) is 8.09. The smallest absolute Gasteiger partial charge is 0.255 e.